The van der Waals surface area contributed by atoms with Crippen LogP contribution in [0.15, 0.2) is 18.2 Å². The molecule has 0 amide bonds. The van der Waals surface area contributed by atoms with E-state index in [1.807, 2.05) is 12.1 Å². The molecule has 0 aliphatic rings. The van der Waals surface area contributed by atoms with Crippen LogP contribution in [0, 0.1) is 5.92 Å². The molecule has 0 spiro atoms. The van der Waals surface area contributed by atoms with Crippen LogP contribution in [0.25, 0.3) is 0 Å². The summed E-state index contributed by atoms with van der Waals surface area (Å²) in [6, 6.07) is 5.95. The van der Waals surface area contributed by atoms with Crippen molar-refractivity contribution < 1.29 is 0 Å². The molecule has 1 atom stereocenters. The first kappa shape index (κ1) is 14.8. The van der Waals surface area contributed by atoms with E-state index in [4.69, 9.17) is 29.0 Å². The molecule has 3 N–H and O–H groups in total. The quantitative estimate of drug-likeness (QED) is 0.612. The van der Waals surface area contributed by atoms with Gasteiger partial charge in [-0.15, -0.1) is 0 Å². The van der Waals surface area contributed by atoms with Gasteiger partial charge in [-0.25, -0.2) is 0 Å². The van der Waals surface area contributed by atoms with E-state index in [2.05, 4.69) is 19.3 Å². The molecule has 0 saturated carbocycles. The first-order valence-electron chi connectivity index (χ1n) is 5.93. The molecule has 0 radical (unpaired) electrons. The Kier molecular flexibility index (Phi) is 6.28. The van der Waals surface area contributed by atoms with Gasteiger partial charge in [-0.2, -0.15) is 0 Å². The lowest BCUT2D eigenvalue weighted by atomic mass is 9.98. The fraction of sp³-hybridized carbons (Fsp3) is 0.538. The standard InChI is InChI=1S/C13H20Cl2N2/c1-9(2)6-7-11(17-16)8-10-4-3-5-12(14)13(10)15/h3-5,9,11,17H,6-8,16H2,1-2H3. The summed E-state index contributed by atoms with van der Waals surface area (Å²) < 4.78 is 0. The van der Waals surface area contributed by atoms with Crippen molar-refractivity contribution in [1.82, 2.24) is 5.43 Å². The van der Waals surface area contributed by atoms with Crippen molar-refractivity contribution in [3.63, 3.8) is 0 Å². The highest BCUT2D eigenvalue weighted by Gasteiger charge is 2.12. The van der Waals surface area contributed by atoms with Crippen molar-refractivity contribution in [3.05, 3.63) is 33.8 Å². The Morgan fingerprint density at radius 3 is 2.53 bits per heavy atom. The number of benzene rings is 1. The van der Waals surface area contributed by atoms with Crippen LogP contribution in [0.1, 0.15) is 32.3 Å². The summed E-state index contributed by atoms with van der Waals surface area (Å²) in [4.78, 5) is 0. The van der Waals surface area contributed by atoms with Crippen molar-refractivity contribution in [2.45, 2.75) is 39.2 Å². The second-order valence-corrected chi connectivity index (χ2v) is 5.54. The predicted octanol–water partition coefficient (Wildman–Crippen LogP) is 3.80. The molecular weight excluding hydrogens is 255 g/mol. The van der Waals surface area contributed by atoms with Crippen molar-refractivity contribution in [1.29, 1.82) is 0 Å². The molecule has 4 heteroatoms. The molecule has 1 unspecified atom stereocenters. The highest BCUT2D eigenvalue weighted by atomic mass is 35.5. The molecule has 2 nitrogen and oxygen atoms in total. The minimum Gasteiger partial charge on any atom is -0.271 e. The Balaban J connectivity index is 2.64. The minimum absolute atomic E-state index is 0.244. The summed E-state index contributed by atoms with van der Waals surface area (Å²) in [7, 11) is 0. The maximum atomic E-state index is 6.16. The average Bonchev–Trinajstić information content (AvgIpc) is 2.29. The Hall–Kier alpha value is -0.280. The monoisotopic (exact) mass is 274 g/mol. The molecule has 0 aromatic heterocycles. The predicted molar refractivity (Wildman–Crippen MR) is 75.3 cm³/mol. The molecular formula is C13H20Cl2N2. The molecule has 0 aliphatic carbocycles. The van der Waals surface area contributed by atoms with E-state index in [0.717, 1.165) is 24.8 Å². The Bertz CT molecular complexity index is 353. The number of halogens is 2. The Morgan fingerprint density at radius 2 is 1.94 bits per heavy atom. The fourth-order valence-electron chi connectivity index (χ4n) is 1.75. The van der Waals surface area contributed by atoms with Gasteiger partial charge in [0, 0.05) is 6.04 Å². The van der Waals surface area contributed by atoms with Crippen molar-refractivity contribution >= 4 is 23.2 Å². The molecule has 1 rings (SSSR count). The van der Waals surface area contributed by atoms with Gasteiger partial charge in [0.05, 0.1) is 10.0 Å². The van der Waals surface area contributed by atoms with Crippen LogP contribution in [0.2, 0.25) is 10.0 Å². The van der Waals surface area contributed by atoms with Crippen molar-refractivity contribution in [3.8, 4) is 0 Å². The Morgan fingerprint density at radius 1 is 1.24 bits per heavy atom. The van der Waals surface area contributed by atoms with Crippen LogP contribution in [0.4, 0.5) is 0 Å². The number of hydrogen-bond acceptors (Lipinski definition) is 2. The summed E-state index contributed by atoms with van der Waals surface area (Å²) in [6.45, 7) is 4.42. The van der Waals surface area contributed by atoms with Gasteiger partial charge in [-0.05, 0) is 36.8 Å². The zero-order chi connectivity index (χ0) is 12.8. The van der Waals surface area contributed by atoms with Crippen molar-refractivity contribution in [2.75, 3.05) is 0 Å². The average molecular weight is 275 g/mol. The first-order chi connectivity index (χ1) is 8.04. The largest absolute Gasteiger partial charge is 0.271 e. The maximum absolute atomic E-state index is 6.16. The third-order valence-corrected chi connectivity index (χ3v) is 3.68. The van der Waals surface area contributed by atoms with E-state index >= 15 is 0 Å². The van der Waals surface area contributed by atoms with Gasteiger partial charge in [-0.1, -0.05) is 49.2 Å². The van der Waals surface area contributed by atoms with Crippen LogP contribution in [0.3, 0.4) is 0 Å². The SMILES string of the molecule is CC(C)CCC(Cc1cccc(Cl)c1Cl)NN. The molecule has 0 heterocycles. The van der Waals surface area contributed by atoms with Crippen LogP contribution < -0.4 is 11.3 Å². The first-order valence-corrected chi connectivity index (χ1v) is 6.69. The highest BCUT2D eigenvalue weighted by Crippen LogP contribution is 2.27. The molecule has 0 aliphatic heterocycles. The second-order valence-electron chi connectivity index (χ2n) is 4.75. The van der Waals surface area contributed by atoms with E-state index in [-0.39, 0.29) is 6.04 Å². The zero-order valence-electron chi connectivity index (χ0n) is 10.3. The summed E-state index contributed by atoms with van der Waals surface area (Å²) >= 11 is 12.1. The summed E-state index contributed by atoms with van der Waals surface area (Å²) in [6.07, 6.45) is 2.99. The molecule has 1 aromatic carbocycles. The Labute approximate surface area is 113 Å². The molecule has 1 aromatic rings. The lowest BCUT2D eigenvalue weighted by molar-refractivity contribution is 0.434. The number of nitrogens with two attached hydrogens (primary N) is 1. The van der Waals surface area contributed by atoms with Gasteiger partial charge < -0.3 is 0 Å². The molecule has 0 fully saturated rings. The lowest BCUT2D eigenvalue weighted by Crippen LogP contribution is -2.37. The van der Waals surface area contributed by atoms with E-state index in [0.29, 0.717) is 16.0 Å². The zero-order valence-corrected chi connectivity index (χ0v) is 11.9. The normalized spacial score (nSPS) is 13.1. The van der Waals surface area contributed by atoms with E-state index in [1.165, 1.54) is 0 Å². The van der Waals surface area contributed by atoms with E-state index in [9.17, 15) is 0 Å². The van der Waals surface area contributed by atoms with Crippen LogP contribution in [-0.2, 0) is 6.42 Å². The van der Waals surface area contributed by atoms with Gasteiger partial charge in [0.2, 0.25) is 0 Å². The van der Waals surface area contributed by atoms with Gasteiger partial charge in [0.1, 0.15) is 0 Å². The third kappa shape index (κ3) is 4.84. The van der Waals surface area contributed by atoms with Crippen LogP contribution in [-0.4, -0.2) is 6.04 Å². The highest BCUT2D eigenvalue weighted by molar-refractivity contribution is 6.42. The van der Waals surface area contributed by atoms with Crippen LogP contribution in [0.5, 0.6) is 0 Å². The topological polar surface area (TPSA) is 38.0 Å². The molecule has 17 heavy (non-hydrogen) atoms. The molecule has 0 saturated heterocycles. The lowest BCUT2D eigenvalue weighted by Gasteiger charge is -2.18. The van der Waals surface area contributed by atoms with Gasteiger partial charge in [-0.3, -0.25) is 11.3 Å². The van der Waals surface area contributed by atoms with Crippen molar-refractivity contribution in [2.24, 2.45) is 11.8 Å². The number of rotatable bonds is 6. The van der Waals surface area contributed by atoms with Crippen LogP contribution >= 0.6 is 23.2 Å². The number of nitrogens with one attached hydrogen (secondary N) is 1. The number of hydrogen-bond donors (Lipinski definition) is 2. The second kappa shape index (κ2) is 7.22. The maximum Gasteiger partial charge on any atom is 0.0624 e. The summed E-state index contributed by atoms with van der Waals surface area (Å²) in [5.74, 6) is 6.25. The molecule has 0 bridgehead atoms. The van der Waals surface area contributed by atoms with Gasteiger partial charge in [0.25, 0.3) is 0 Å². The van der Waals surface area contributed by atoms with E-state index < -0.39 is 0 Å². The smallest absolute Gasteiger partial charge is 0.0624 e. The van der Waals surface area contributed by atoms with E-state index in [1.54, 1.807) is 6.07 Å². The number of hydrazine groups is 1. The summed E-state index contributed by atoms with van der Waals surface area (Å²) in [5, 5.41) is 1.24. The third-order valence-electron chi connectivity index (χ3n) is 2.83. The summed E-state index contributed by atoms with van der Waals surface area (Å²) in [5.41, 5.74) is 3.90. The fourth-order valence-corrected chi connectivity index (χ4v) is 2.15. The van der Waals surface area contributed by atoms with Gasteiger partial charge in [0.15, 0.2) is 0 Å². The minimum atomic E-state index is 0.244. The van der Waals surface area contributed by atoms with Gasteiger partial charge >= 0.3 is 0 Å². The molecule has 96 valence electrons.